The first-order valence-electron chi connectivity index (χ1n) is 11.2. The summed E-state index contributed by atoms with van der Waals surface area (Å²) in [5.74, 6) is 1.53. The third kappa shape index (κ3) is 5.85. The van der Waals surface area contributed by atoms with Crippen molar-refractivity contribution in [1.82, 2.24) is 19.9 Å². The van der Waals surface area contributed by atoms with E-state index in [1.807, 2.05) is 41.7 Å². The topological polar surface area (TPSA) is 79.2 Å². The van der Waals surface area contributed by atoms with Gasteiger partial charge in [-0.05, 0) is 62.5 Å². The van der Waals surface area contributed by atoms with Gasteiger partial charge in [0.15, 0.2) is 0 Å². The largest absolute Gasteiger partial charge is 0.393 e. The van der Waals surface area contributed by atoms with E-state index in [0.29, 0.717) is 37.4 Å². The number of aliphatic hydroxyl groups excluding tert-OH is 1. The number of amides is 1. The van der Waals surface area contributed by atoms with Gasteiger partial charge in [0.05, 0.1) is 21.3 Å². The van der Waals surface area contributed by atoms with Crippen molar-refractivity contribution in [3.05, 3.63) is 47.0 Å². The zero-order chi connectivity index (χ0) is 22.5. The summed E-state index contributed by atoms with van der Waals surface area (Å²) in [5.41, 5.74) is 1.68. The Bertz CT molecular complexity index is 1050. The molecule has 6 nitrogen and oxygen atoms in total. The van der Waals surface area contributed by atoms with E-state index in [0.717, 1.165) is 51.6 Å². The lowest BCUT2D eigenvalue weighted by atomic mass is 10.00. The second-order valence-electron chi connectivity index (χ2n) is 8.54. The van der Waals surface area contributed by atoms with Gasteiger partial charge in [-0.3, -0.25) is 4.79 Å². The number of fused-ring (bicyclic) bond motifs is 1. The van der Waals surface area contributed by atoms with Crippen LogP contribution in [-0.2, 0) is 12.8 Å². The number of thiazole rings is 1. The molecule has 0 unspecified atom stereocenters. The first-order chi connectivity index (χ1) is 15.5. The highest BCUT2D eigenvalue weighted by Gasteiger charge is 2.22. The van der Waals surface area contributed by atoms with Crippen LogP contribution in [0.5, 0.6) is 0 Å². The molecule has 1 aromatic carbocycles. The summed E-state index contributed by atoms with van der Waals surface area (Å²) in [5, 5.41) is 10.8. The predicted octanol–water partition coefficient (Wildman–Crippen LogP) is 4.61. The number of thioether (sulfide) groups is 1. The second-order valence-corrected chi connectivity index (χ2v) is 10.5. The molecular weight excluding hydrogens is 440 g/mol. The molecule has 8 heteroatoms. The number of aliphatic hydroxyl groups is 1. The molecule has 32 heavy (non-hydrogen) atoms. The van der Waals surface area contributed by atoms with Gasteiger partial charge in [0.1, 0.15) is 5.82 Å². The van der Waals surface area contributed by atoms with Crippen molar-refractivity contribution in [3.8, 4) is 0 Å². The fourth-order valence-corrected chi connectivity index (χ4v) is 5.27. The number of hydrogen-bond donors (Lipinski definition) is 1. The van der Waals surface area contributed by atoms with Crippen LogP contribution in [0.25, 0.3) is 10.2 Å². The molecule has 2 aromatic heterocycles. The van der Waals surface area contributed by atoms with Gasteiger partial charge in [-0.1, -0.05) is 6.92 Å². The summed E-state index contributed by atoms with van der Waals surface area (Å²) in [6.07, 6.45) is 10.8. The Morgan fingerprint density at radius 2 is 1.94 bits per heavy atom. The molecule has 1 aliphatic rings. The molecular formula is C24H30N4O2S2. The van der Waals surface area contributed by atoms with Crippen LogP contribution in [0.3, 0.4) is 0 Å². The maximum atomic E-state index is 12.8. The molecule has 0 aliphatic carbocycles. The number of nitrogens with zero attached hydrogens (tertiary/aromatic N) is 4. The maximum Gasteiger partial charge on any atom is 0.253 e. The molecule has 1 saturated heterocycles. The quantitative estimate of drug-likeness (QED) is 0.485. The van der Waals surface area contributed by atoms with Crippen LogP contribution in [0, 0.1) is 5.92 Å². The molecule has 1 N–H and O–H groups in total. The normalized spacial score (nSPS) is 15.9. The number of rotatable bonds is 8. The number of likely N-dealkylation sites (tertiary alicyclic amines) is 1. The Morgan fingerprint density at radius 1 is 1.22 bits per heavy atom. The van der Waals surface area contributed by atoms with E-state index in [2.05, 4.69) is 16.9 Å². The van der Waals surface area contributed by atoms with Gasteiger partial charge in [-0.2, -0.15) is 0 Å². The third-order valence-electron chi connectivity index (χ3n) is 6.06. The number of benzene rings is 1. The van der Waals surface area contributed by atoms with Gasteiger partial charge in [0.25, 0.3) is 5.91 Å². The molecule has 0 saturated carbocycles. The first kappa shape index (κ1) is 23.1. The summed E-state index contributed by atoms with van der Waals surface area (Å²) in [6, 6.07) is 5.81. The molecule has 1 atom stereocenters. The molecule has 0 radical (unpaired) electrons. The highest BCUT2D eigenvalue weighted by Crippen LogP contribution is 2.26. The van der Waals surface area contributed by atoms with Crippen LogP contribution in [-0.4, -0.2) is 56.3 Å². The Labute approximate surface area is 197 Å². The van der Waals surface area contributed by atoms with E-state index in [9.17, 15) is 9.90 Å². The van der Waals surface area contributed by atoms with Gasteiger partial charge in [-0.25, -0.2) is 15.0 Å². The van der Waals surface area contributed by atoms with Crippen molar-refractivity contribution in [3.63, 3.8) is 0 Å². The van der Waals surface area contributed by atoms with Crippen LogP contribution in [0.1, 0.15) is 53.8 Å². The van der Waals surface area contributed by atoms with Gasteiger partial charge >= 0.3 is 0 Å². The molecule has 3 heterocycles. The Hall–Kier alpha value is -2.03. The van der Waals surface area contributed by atoms with E-state index in [1.165, 1.54) is 0 Å². The van der Waals surface area contributed by atoms with E-state index >= 15 is 0 Å². The molecule has 4 rings (SSSR count). The number of hydrogen-bond acceptors (Lipinski definition) is 7. The molecule has 0 bridgehead atoms. The second kappa shape index (κ2) is 10.7. The fourth-order valence-electron chi connectivity index (χ4n) is 3.93. The highest BCUT2D eigenvalue weighted by atomic mass is 32.2. The van der Waals surface area contributed by atoms with Gasteiger partial charge in [0, 0.05) is 42.4 Å². The minimum atomic E-state index is -0.277. The summed E-state index contributed by atoms with van der Waals surface area (Å²) in [4.78, 5) is 29.4. The number of aryl methyl sites for hydroxylation is 2. The molecule has 1 fully saturated rings. The molecule has 1 amide bonds. The van der Waals surface area contributed by atoms with E-state index in [-0.39, 0.29) is 12.0 Å². The van der Waals surface area contributed by atoms with Crippen molar-refractivity contribution in [2.45, 2.75) is 56.4 Å². The van der Waals surface area contributed by atoms with Crippen molar-refractivity contribution in [2.24, 2.45) is 5.92 Å². The van der Waals surface area contributed by atoms with Crippen LogP contribution < -0.4 is 0 Å². The maximum absolute atomic E-state index is 12.8. The van der Waals surface area contributed by atoms with E-state index in [4.69, 9.17) is 4.98 Å². The summed E-state index contributed by atoms with van der Waals surface area (Å²) in [6.45, 7) is 3.52. The average molecular weight is 471 g/mol. The van der Waals surface area contributed by atoms with Crippen LogP contribution in [0.2, 0.25) is 0 Å². The fraction of sp³-hybridized carbons (Fsp3) is 0.500. The Balaban J connectivity index is 1.31. The zero-order valence-electron chi connectivity index (χ0n) is 18.7. The van der Waals surface area contributed by atoms with Crippen LogP contribution in [0.15, 0.2) is 35.5 Å². The van der Waals surface area contributed by atoms with Crippen molar-refractivity contribution >= 4 is 39.2 Å². The van der Waals surface area contributed by atoms with Crippen molar-refractivity contribution in [1.29, 1.82) is 0 Å². The number of piperidine rings is 1. The van der Waals surface area contributed by atoms with Gasteiger partial charge in [0.2, 0.25) is 0 Å². The SMILES string of the molecule is CSc1cnc(CC[C@H](C)CCc2nc3ccc(C(=O)N4CCC(O)CC4)cc3s2)nc1. The molecule has 170 valence electrons. The monoisotopic (exact) mass is 470 g/mol. The minimum absolute atomic E-state index is 0.0511. The number of carbonyl (C=O) groups is 1. The average Bonchev–Trinajstić information content (AvgIpc) is 3.24. The molecule has 1 aliphatic heterocycles. The van der Waals surface area contributed by atoms with E-state index < -0.39 is 0 Å². The Kier molecular flexibility index (Phi) is 7.75. The van der Waals surface area contributed by atoms with Crippen LogP contribution >= 0.6 is 23.1 Å². The van der Waals surface area contributed by atoms with E-state index in [1.54, 1.807) is 23.1 Å². The van der Waals surface area contributed by atoms with Crippen LogP contribution in [0.4, 0.5) is 0 Å². The lowest BCUT2D eigenvalue weighted by Crippen LogP contribution is -2.40. The third-order valence-corrected chi connectivity index (χ3v) is 7.82. The first-order valence-corrected chi connectivity index (χ1v) is 13.3. The number of aromatic nitrogens is 3. The summed E-state index contributed by atoms with van der Waals surface area (Å²) < 4.78 is 1.07. The summed E-state index contributed by atoms with van der Waals surface area (Å²) >= 11 is 3.35. The predicted molar refractivity (Wildman–Crippen MR) is 130 cm³/mol. The Morgan fingerprint density at radius 3 is 2.66 bits per heavy atom. The summed E-state index contributed by atoms with van der Waals surface area (Å²) in [7, 11) is 0. The lowest BCUT2D eigenvalue weighted by molar-refractivity contribution is 0.0546. The minimum Gasteiger partial charge on any atom is -0.393 e. The van der Waals surface area contributed by atoms with Crippen molar-refractivity contribution < 1.29 is 9.90 Å². The van der Waals surface area contributed by atoms with Gasteiger partial charge < -0.3 is 10.0 Å². The van der Waals surface area contributed by atoms with Crippen molar-refractivity contribution in [2.75, 3.05) is 19.3 Å². The number of carbonyl (C=O) groups excluding carboxylic acids is 1. The standard InChI is InChI=1S/C24H30N4O2S2/c1-16(3-7-22-25-14-19(31-2)15-26-22)4-8-23-27-20-6-5-17(13-21(20)32-23)24(30)28-11-9-18(29)10-12-28/h5-6,13-16,18,29H,3-4,7-12H2,1-2H3/t16-/m0/s1. The zero-order valence-corrected chi connectivity index (χ0v) is 20.3. The molecule has 0 spiro atoms. The van der Waals surface area contributed by atoms with Gasteiger partial charge in [-0.15, -0.1) is 23.1 Å². The highest BCUT2D eigenvalue weighted by molar-refractivity contribution is 7.98. The smallest absolute Gasteiger partial charge is 0.253 e. The lowest BCUT2D eigenvalue weighted by Gasteiger charge is -2.29. The molecule has 3 aromatic rings.